The molecule has 0 unspecified atom stereocenters. The SMILES string of the molecule is COc1ccc(N2C(=O)C(Cl)=C(Nc3cccc(C(=O)Nc4ccc(Cl)c(Cl)c4)c3)C2=O)cc1. The lowest BCUT2D eigenvalue weighted by Gasteiger charge is -2.15. The van der Waals surface area contributed by atoms with Crippen molar-refractivity contribution in [3.63, 3.8) is 0 Å². The zero-order valence-electron chi connectivity index (χ0n) is 17.6. The van der Waals surface area contributed by atoms with Gasteiger partial charge in [-0.2, -0.15) is 0 Å². The van der Waals surface area contributed by atoms with Crippen LogP contribution in [0, 0.1) is 0 Å². The number of halogens is 3. The van der Waals surface area contributed by atoms with E-state index < -0.39 is 17.7 Å². The normalized spacial score (nSPS) is 13.4. The first-order valence-corrected chi connectivity index (χ1v) is 11.0. The van der Waals surface area contributed by atoms with Crippen LogP contribution in [-0.2, 0) is 9.59 Å². The lowest BCUT2D eigenvalue weighted by atomic mass is 10.1. The molecule has 10 heteroatoms. The van der Waals surface area contributed by atoms with Crippen molar-refractivity contribution in [2.75, 3.05) is 22.6 Å². The lowest BCUT2D eigenvalue weighted by molar-refractivity contribution is -0.120. The lowest BCUT2D eigenvalue weighted by Crippen LogP contribution is -2.32. The number of benzene rings is 3. The molecule has 0 radical (unpaired) electrons. The average molecular weight is 517 g/mol. The van der Waals surface area contributed by atoms with E-state index >= 15 is 0 Å². The first kappa shape index (κ1) is 23.6. The van der Waals surface area contributed by atoms with Crippen LogP contribution >= 0.6 is 34.8 Å². The third kappa shape index (κ3) is 4.72. The van der Waals surface area contributed by atoms with Gasteiger partial charge in [-0.15, -0.1) is 0 Å². The van der Waals surface area contributed by atoms with Gasteiger partial charge in [0.15, 0.2) is 0 Å². The van der Waals surface area contributed by atoms with Crippen molar-refractivity contribution in [3.8, 4) is 5.75 Å². The standard InChI is InChI=1S/C24H16Cl3N3O4/c1-34-17-8-6-16(7-9-17)30-23(32)20(27)21(24(30)33)28-14-4-2-3-13(11-14)22(31)29-15-5-10-18(25)19(26)12-15/h2-12,28H,1H3,(H,29,31). The van der Waals surface area contributed by atoms with Crippen molar-refractivity contribution in [3.05, 3.63) is 93.1 Å². The molecule has 1 aliphatic heterocycles. The van der Waals surface area contributed by atoms with Gasteiger partial charge in [0.2, 0.25) is 0 Å². The Morgan fingerprint density at radius 1 is 0.853 bits per heavy atom. The van der Waals surface area contributed by atoms with Crippen LogP contribution in [0.15, 0.2) is 77.5 Å². The largest absolute Gasteiger partial charge is 0.497 e. The van der Waals surface area contributed by atoms with Gasteiger partial charge in [-0.1, -0.05) is 40.9 Å². The molecule has 0 atom stereocenters. The van der Waals surface area contributed by atoms with E-state index in [0.29, 0.717) is 38.4 Å². The Bertz CT molecular complexity index is 1340. The maximum atomic E-state index is 13.0. The van der Waals surface area contributed by atoms with Gasteiger partial charge in [0, 0.05) is 16.9 Å². The Morgan fingerprint density at radius 2 is 1.59 bits per heavy atom. The predicted octanol–water partition coefficient (Wildman–Crippen LogP) is 5.69. The molecule has 0 bridgehead atoms. The summed E-state index contributed by atoms with van der Waals surface area (Å²) in [6.07, 6.45) is 0. The number of rotatable bonds is 6. The molecular formula is C24H16Cl3N3O4. The zero-order chi connectivity index (χ0) is 24.4. The van der Waals surface area contributed by atoms with Crippen molar-refractivity contribution < 1.29 is 19.1 Å². The summed E-state index contributed by atoms with van der Waals surface area (Å²) in [5.41, 5.74) is 1.42. The number of anilines is 3. The smallest absolute Gasteiger partial charge is 0.283 e. The number of nitrogens with one attached hydrogen (secondary N) is 2. The second-order valence-electron chi connectivity index (χ2n) is 7.12. The first-order chi connectivity index (χ1) is 16.3. The van der Waals surface area contributed by atoms with E-state index in [9.17, 15) is 14.4 Å². The van der Waals surface area contributed by atoms with Crippen LogP contribution in [0.1, 0.15) is 10.4 Å². The van der Waals surface area contributed by atoms with Crippen molar-refractivity contribution in [1.82, 2.24) is 0 Å². The van der Waals surface area contributed by atoms with Crippen molar-refractivity contribution in [1.29, 1.82) is 0 Å². The van der Waals surface area contributed by atoms with Crippen LogP contribution in [0.25, 0.3) is 0 Å². The number of amides is 3. The molecule has 1 heterocycles. The van der Waals surface area contributed by atoms with E-state index in [1.165, 1.54) is 19.2 Å². The highest BCUT2D eigenvalue weighted by atomic mass is 35.5. The molecule has 0 saturated carbocycles. The third-order valence-electron chi connectivity index (χ3n) is 4.93. The number of carbonyl (C=O) groups is 3. The molecule has 172 valence electrons. The second-order valence-corrected chi connectivity index (χ2v) is 8.31. The molecular weight excluding hydrogens is 501 g/mol. The Morgan fingerprint density at radius 3 is 2.26 bits per heavy atom. The predicted molar refractivity (Wildman–Crippen MR) is 133 cm³/mol. The molecule has 34 heavy (non-hydrogen) atoms. The van der Waals surface area contributed by atoms with E-state index in [2.05, 4.69) is 10.6 Å². The summed E-state index contributed by atoms with van der Waals surface area (Å²) in [6, 6.07) is 17.5. The molecule has 0 fully saturated rings. The number of methoxy groups -OCH3 is 1. The summed E-state index contributed by atoms with van der Waals surface area (Å²) >= 11 is 18.1. The fraction of sp³-hybridized carbons (Fsp3) is 0.0417. The summed E-state index contributed by atoms with van der Waals surface area (Å²) in [7, 11) is 1.51. The second kappa shape index (κ2) is 9.77. The summed E-state index contributed by atoms with van der Waals surface area (Å²) in [5, 5.41) is 6.00. The van der Waals surface area contributed by atoms with Gasteiger partial charge in [-0.25, -0.2) is 4.90 Å². The van der Waals surface area contributed by atoms with E-state index in [-0.39, 0.29) is 10.7 Å². The molecule has 7 nitrogen and oxygen atoms in total. The van der Waals surface area contributed by atoms with Crippen molar-refractivity contribution in [2.45, 2.75) is 0 Å². The zero-order valence-corrected chi connectivity index (χ0v) is 19.8. The molecule has 3 aromatic rings. The quantitative estimate of drug-likeness (QED) is 0.411. The molecule has 0 spiro atoms. The summed E-state index contributed by atoms with van der Waals surface area (Å²) in [5.74, 6) is -1.11. The fourth-order valence-electron chi connectivity index (χ4n) is 3.24. The van der Waals surface area contributed by atoms with Gasteiger partial charge in [-0.05, 0) is 60.7 Å². The minimum Gasteiger partial charge on any atom is -0.497 e. The first-order valence-electron chi connectivity index (χ1n) is 9.84. The van der Waals surface area contributed by atoms with Crippen LogP contribution in [0.5, 0.6) is 5.75 Å². The van der Waals surface area contributed by atoms with E-state index in [1.807, 2.05) is 0 Å². The van der Waals surface area contributed by atoms with Crippen LogP contribution < -0.4 is 20.3 Å². The third-order valence-corrected chi connectivity index (χ3v) is 6.02. The highest BCUT2D eigenvalue weighted by molar-refractivity contribution is 6.53. The highest BCUT2D eigenvalue weighted by Crippen LogP contribution is 2.31. The van der Waals surface area contributed by atoms with Gasteiger partial charge >= 0.3 is 0 Å². The highest BCUT2D eigenvalue weighted by Gasteiger charge is 2.39. The van der Waals surface area contributed by atoms with Gasteiger partial charge in [0.25, 0.3) is 17.7 Å². The van der Waals surface area contributed by atoms with Gasteiger partial charge in [0.05, 0.1) is 22.8 Å². The van der Waals surface area contributed by atoms with E-state index in [1.54, 1.807) is 54.6 Å². The number of nitrogens with zero attached hydrogens (tertiary/aromatic N) is 1. The van der Waals surface area contributed by atoms with E-state index in [0.717, 1.165) is 4.90 Å². The molecule has 1 aliphatic rings. The van der Waals surface area contributed by atoms with Gasteiger partial charge in [0.1, 0.15) is 16.5 Å². The number of carbonyl (C=O) groups excluding carboxylic acids is 3. The molecule has 2 N–H and O–H groups in total. The fourth-order valence-corrected chi connectivity index (χ4v) is 3.75. The topological polar surface area (TPSA) is 87.7 Å². The Balaban J connectivity index is 1.52. The van der Waals surface area contributed by atoms with Gasteiger partial charge in [-0.3, -0.25) is 14.4 Å². The molecule has 0 aliphatic carbocycles. The number of hydrogen-bond acceptors (Lipinski definition) is 5. The van der Waals surface area contributed by atoms with Crippen molar-refractivity contribution in [2.24, 2.45) is 0 Å². The molecule has 3 amide bonds. The summed E-state index contributed by atoms with van der Waals surface area (Å²) < 4.78 is 5.10. The summed E-state index contributed by atoms with van der Waals surface area (Å²) in [6.45, 7) is 0. The summed E-state index contributed by atoms with van der Waals surface area (Å²) in [4.78, 5) is 39.3. The maximum Gasteiger partial charge on any atom is 0.283 e. The average Bonchev–Trinajstić information content (AvgIpc) is 3.04. The monoisotopic (exact) mass is 515 g/mol. The Labute approximate surface area is 209 Å². The Hall–Kier alpha value is -3.52. The minimum atomic E-state index is -0.659. The van der Waals surface area contributed by atoms with E-state index in [4.69, 9.17) is 39.5 Å². The van der Waals surface area contributed by atoms with Gasteiger partial charge < -0.3 is 15.4 Å². The molecule has 0 aromatic heterocycles. The molecule has 3 aromatic carbocycles. The number of imide groups is 1. The molecule has 0 saturated heterocycles. The number of ether oxygens (including phenoxy) is 1. The minimum absolute atomic E-state index is 0.0930. The molecule has 4 rings (SSSR count). The van der Waals surface area contributed by atoms with Crippen LogP contribution in [-0.4, -0.2) is 24.8 Å². The maximum absolute atomic E-state index is 13.0. The number of hydrogen-bond donors (Lipinski definition) is 2. The van der Waals surface area contributed by atoms with Crippen LogP contribution in [0.2, 0.25) is 10.0 Å². The Kier molecular flexibility index (Phi) is 6.79. The van der Waals surface area contributed by atoms with Crippen LogP contribution in [0.3, 0.4) is 0 Å². The van der Waals surface area contributed by atoms with Crippen molar-refractivity contribution >= 4 is 69.6 Å². The van der Waals surface area contributed by atoms with Crippen LogP contribution in [0.4, 0.5) is 17.1 Å².